The van der Waals surface area contributed by atoms with E-state index in [0.29, 0.717) is 30.0 Å². The second-order valence-corrected chi connectivity index (χ2v) is 6.67. The SMILES string of the molecule is CC(C(=O)O)c1ccc(NC(=O)COc2cccc(N3CCCC3=O)c2)cc1. The lowest BCUT2D eigenvalue weighted by molar-refractivity contribution is -0.138. The summed E-state index contributed by atoms with van der Waals surface area (Å²) in [4.78, 5) is 36.7. The summed E-state index contributed by atoms with van der Waals surface area (Å²) in [6.45, 7) is 2.12. The van der Waals surface area contributed by atoms with Gasteiger partial charge in [-0.15, -0.1) is 0 Å². The molecule has 28 heavy (non-hydrogen) atoms. The molecule has 146 valence electrons. The first-order chi connectivity index (χ1) is 13.4. The highest BCUT2D eigenvalue weighted by molar-refractivity contribution is 5.95. The van der Waals surface area contributed by atoms with E-state index in [1.54, 1.807) is 54.3 Å². The summed E-state index contributed by atoms with van der Waals surface area (Å²) in [5, 5.41) is 11.7. The van der Waals surface area contributed by atoms with Crippen LogP contribution in [-0.4, -0.2) is 36.0 Å². The first-order valence-electron chi connectivity index (χ1n) is 9.10. The van der Waals surface area contributed by atoms with Crippen LogP contribution in [0.2, 0.25) is 0 Å². The molecule has 1 heterocycles. The predicted octanol–water partition coefficient (Wildman–Crippen LogP) is 3.02. The average Bonchev–Trinajstić information content (AvgIpc) is 3.12. The molecule has 1 aliphatic rings. The third-order valence-corrected chi connectivity index (χ3v) is 4.64. The highest BCUT2D eigenvalue weighted by Gasteiger charge is 2.21. The van der Waals surface area contributed by atoms with Crippen molar-refractivity contribution >= 4 is 29.2 Å². The van der Waals surface area contributed by atoms with Gasteiger partial charge in [-0.3, -0.25) is 14.4 Å². The first-order valence-corrected chi connectivity index (χ1v) is 9.10. The van der Waals surface area contributed by atoms with Crippen LogP contribution in [0, 0.1) is 0 Å². The standard InChI is InChI=1S/C21H22N2O5/c1-14(21(26)27)15-7-9-16(10-8-15)22-19(24)13-28-18-5-2-4-17(12-18)23-11-3-6-20(23)25/h2,4-5,7-10,12,14H,3,6,11,13H2,1H3,(H,22,24)(H,26,27). The van der Waals surface area contributed by atoms with Gasteiger partial charge < -0.3 is 20.1 Å². The second-order valence-electron chi connectivity index (χ2n) is 6.67. The van der Waals surface area contributed by atoms with E-state index in [1.807, 2.05) is 6.07 Å². The summed E-state index contributed by atoms with van der Waals surface area (Å²) in [7, 11) is 0. The van der Waals surface area contributed by atoms with Gasteiger partial charge in [-0.05, 0) is 43.2 Å². The molecule has 2 amide bonds. The maximum Gasteiger partial charge on any atom is 0.310 e. The lowest BCUT2D eigenvalue weighted by Gasteiger charge is -2.16. The maximum atomic E-state index is 12.1. The van der Waals surface area contributed by atoms with Crippen LogP contribution in [0.25, 0.3) is 0 Å². The Balaban J connectivity index is 1.54. The van der Waals surface area contributed by atoms with E-state index in [2.05, 4.69) is 5.32 Å². The van der Waals surface area contributed by atoms with E-state index in [0.717, 1.165) is 12.1 Å². The molecule has 0 aromatic heterocycles. The monoisotopic (exact) mass is 382 g/mol. The number of aliphatic carboxylic acids is 1. The van der Waals surface area contributed by atoms with Crippen molar-refractivity contribution in [2.45, 2.75) is 25.7 Å². The Morgan fingerprint density at radius 2 is 1.96 bits per heavy atom. The van der Waals surface area contributed by atoms with Crippen LogP contribution in [0.5, 0.6) is 5.75 Å². The molecule has 0 spiro atoms. The summed E-state index contributed by atoms with van der Waals surface area (Å²) in [5.74, 6) is -1.24. The van der Waals surface area contributed by atoms with E-state index < -0.39 is 11.9 Å². The summed E-state index contributed by atoms with van der Waals surface area (Å²) < 4.78 is 5.54. The Morgan fingerprint density at radius 3 is 2.61 bits per heavy atom. The van der Waals surface area contributed by atoms with E-state index in [-0.39, 0.29) is 18.4 Å². The zero-order valence-electron chi connectivity index (χ0n) is 15.6. The number of anilines is 2. The van der Waals surface area contributed by atoms with E-state index in [9.17, 15) is 14.4 Å². The molecule has 3 rings (SSSR count). The van der Waals surface area contributed by atoms with Crippen molar-refractivity contribution in [2.75, 3.05) is 23.4 Å². The lowest BCUT2D eigenvalue weighted by Crippen LogP contribution is -2.24. The fourth-order valence-corrected chi connectivity index (χ4v) is 3.01. The van der Waals surface area contributed by atoms with Gasteiger partial charge in [-0.2, -0.15) is 0 Å². The number of hydrogen-bond acceptors (Lipinski definition) is 4. The summed E-state index contributed by atoms with van der Waals surface area (Å²) in [6, 6.07) is 13.8. The molecule has 0 bridgehead atoms. The Morgan fingerprint density at radius 1 is 1.21 bits per heavy atom. The quantitative estimate of drug-likeness (QED) is 0.767. The minimum Gasteiger partial charge on any atom is -0.484 e. The van der Waals surface area contributed by atoms with E-state index in [4.69, 9.17) is 9.84 Å². The van der Waals surface area contributed by atoms with Crippen LogP contribution in [0.3, 0.4) is 0 Å². The van der Waals surface area contributed by atoms with Crippen LogP contribution in [0.15, 0.2) is 48.5 Å². The number of carboxylic acids is 1. The highest BCUT2D eigenvalue weighted by atomic mass is 16.5. The molecule has 7 heteroatoms. The Bertz CT molecular complexity index is 879. The molecule has 1 fully saturated rings. The molecular formula is C21H22N2O5. The van der Waals surface area contributed by atoms with Crippen molar-refractivity contribution < 1.29 is 24.2 Å². The van der Waals surface area contributed by atoms with Gasteiger partial charge in [0.05, 0.1) is 5.92 Å². The molecular weight excluding hydrogens is 360 g/mol. The first kappa shape index (κ1) is 19.4. The van der Waals surface area contributed by atoms with Gasteiger partial charge in [-0.25, -0.2) is 0 Å². The van der Waals surface area contributed by atoms with Crippen LogP contribution in [0.4, 0.5) is 11.4 Å². The molecule has 0 saturated carbocycles. The van der Waals surface area contributed by atoms with Gasteiger partial charge in [0, 0.05) is 30.4 Å². The largest absolute Gasteiger partial charge is 0.484 e. The Hall–Kier alpha value is -3.35. The van der Waals surface area contributed by atoms with Crippen molar-refractivity contribution in [1.82, 2.24) is 0 Å². The van der Waals surface area contributed by atoms with E-state index >= 15 is 0 Å². The van der Waals surface area contributed by atoms with Gasteiger partial charge in [0.25, 0.3) is 5.91 Å². The minimum absolute atomic E-state index is 0.0931. The number of amides is 2. The van der Waals surface area contributed by atoms with Gasteiger partial charge in [-0.1, -0.05) is 18.2 Å². The fraction of sp³-hybridized carbons (Fsp3) is 0.286. The minimum atomic E-state index is -0.900. The number of rotatable bonds is 7. The zero-order chi connectivity index (χ0) is 20.1. The Kier molecular flexibility index (Phi) is 5.93. The number of nitrogens with one attached hydrogen (secondary N) is 1. The molecule has 2 aromatic carbocycles. The number of nitrogens with zero attached hydrogens (tertiary/aromatic N) is 1. The fourth-order valence-electron chi connectivity index (χ4n) is 3.01. The van der Waals surface area contributed by atoms with Crippen molar-refractivity contribution in [2.24, 2.45) is 0 Å². The van der Waals surface area contributed by atoms with Crippen LogP contribution in [-0.2, 0) is 14.4 Å². The number of hydrogen-bond donors (Lipinski definition) is 2. The van der Waals surface area contributed by atoms with Crippen molar-refractivity contribution in [3.63, 3.8) is 0 Å². The average molecular weight is 382 g/mol. The van der Waals surface area contributed by atoms with Gasteiger partial charge in [0.1, 0.15) is 5.75 Å². The third-order valence-electron chi connectivity index (χ3n) is 4.64. The van der Waals surface area contributed by atoms with E-state index in [1.165, 1.54) is 0 Å². The lowest BCUT2D eigenvalue weighted by atomic mass is 10.0. The summed E-state index contributed by atoms with van der Waals surface area (Å²) in [5.41, 5.74) is 1.99. The maximum absolute atomic E-state index is 12.1. The summed E-state index contributed by atoms with van der Waals surface area (Å²) in [6.07, 6.45) is 1.40. The van der Waals surface area contributed by atoms with Gasteiger partial charge >= 0.3 is 5.97 Å². The molecule has 1 saturated heterocycles. The highest BCUT2D eigenvalue weighted by Crippen LogP contribution is 2.25. The Labute approximate surface area is 162 Å². The normalized spacial score (nSPS) is 14.6. The molecule has 0 radical (unpaired) electrons. The van der Waals surface area contributed by atoms with Crippen molar-refractivity contribution in [3.8, 4) is 5.75 Å². The molecule has 0 aliphatic carbocycles. The molecule has 2 N–H and O–H groups in total. The number of carboxylic acid groups (broad SMARTS) is 1. The molecule has 2 aromatic rings. The molecule has 1 aliphatic heterocycles. The molecule has 1 atom stereocenters. The zero-order valence-corrected chi connectivity index (χ0v) is 15.6. The smallest absolute Gasteiger partial charge is 0.310 e. The third kappa shape index (κ3) is 4.68. The topological polar surface area (TPSA) is 95.9 Å². The van der Waals surface area contributed by atoms with Crippen LogP contribution >= 0.6 is 0 Å². The number of carbonyl (C=O) groups excluding carboxylic acids is 2. The summed E-state index contributed by atoms with van der Waals surface area (Å²) >= 11 is 0. The van der Waals surface area contributed by atoms with Gasteiger partial charge in [0.15, 0.2) is 6.61 Å². The number of benzene rings is 2. The van der Waals surface area contributed by atoms with Gasteiger partial charge in [0.2, 0.25) is 5.91 Å². The van der Waals surface area contributed by atoms with Crippen LogP contribution in [0.1, 0.15) is 31.2 Å². The number of ether oxygens (including phenoxy) is 1. The molecule has 1 unspecified atom stereocenters. The molecule has 7 nitrogen and oxygen atoms in total. The van der Waals surface area contributed by atoms with Crippen LogP contribution < -0.4 is 15.0 Å². The number of carbonyl (C=O) groups is 3. The van der Waals surface area contributed by atoms with Crippen molar-refractivity contribution in [1.29, 1.82) is 0 Å². The van der Waals surface area contributed by atoms with Crippen molar-refractivity contribution in [3.05, 3.63) is 54.1 Å². The second kappa shape index (κ2) is 8.56. The predicted molar refractivity (Wildman–Crippen MR) is 105 cm³/mol.